The predicted molar refractivity (Wildman–Crippen MR) is 105 cm³/mol. The van der Waals surface area contributed by atoms with Crippen molar-refractivity contribution in [2.75, 3.05) is 38.0 Å². The van der Waals surface area contributed by atoms with Crippen LogP contribution in [0.5, 0.6) is 0 Å². The van der Waals surface area contributed by atoms with Gasteiger partial charge in [-0.2, -0.15) is 4.31 Å². The minimum atomic E-state index is -3.97. The Hall–Kier alpha value is -2.89. The van der Waals surface area contributed by atoms with Crippen molar-refractivity contribution in [1.82, 2.24) is 9.21 Å². The summed E-state index contributed by atoms with van der Waals surface area (Å²) in [6.07, 6.45) is 0. The summed E-state index contributed by atoms with van der Waals surface area (Å²) in [6, 6.07) is 8.79. The van der Waals surface area contributed by atoms with Gasteiger partial charge >= 0.3 is 0 Å². The van der Waals surface area contributed by atoms with Gasteiger partial charge in [-0.1, -0.05) is 12.1 Å². The van der Waals surface area contributed by atoms with Crippen LogP contribution in [-0.4, -0.2) is 62.2 Å². The molecule has 1 fully saturated rings. The molecule has 0 bridgehead atoms. The quantitative estimate of drug-likeness (QED) is 0.699. The topological polar surface area (TPSA) is 113 Å². The SMILES string of the molecule is NC(=O)c1ccccc1NC(=O)CN1CCN(S(=O)(=O)c2ccc(F)c(F)c2)CC1. The molecule has 0 spiro atoms. The van der Waals surface area contributed by atoms with Gasteiger partial charge in [0.2, 0.25) is 15.9 Å². The molecule has 0 unspecified atom stereocenters. The number of rotatable bonds is 6. The Morgan fingerprint density at radius 1 is 1.00 bits per heavy atom. The van der Waals surface area contributed by atoms with E-state index in [2.05, 4.69) is 5.32 Å². The fraction of sp³-hybridized carbons (Fsp3) is 0.263. The van der Waals surface area contributed by atoms with Crippen LogP contribution in [0.3, 0.4) is 0 Å². The number of anilines is 1. The molecule has 11 heteroatoms. The van der Waals surface area contributed by atoms with E-state index in [0.717, 1.165) is 16.4 Å². The Bertz CT molecular complexity index is 1070. The third kappa shape index (κ3) is 4.81. The van der Waals surface area contributed by atoms with Gasteiger partial charge in [-0.05, 0) is 30.3 Å². The summed E-state index contributed by atoms with van der Waals surface area (Å²) in [4.78, 5) is 25.2. The smallest absolute Gasteiger partial charge is 0.250 e. The second-order valence-corrected chi connectivity index (χ2v) is 8.65. The van der Waals surface area contributed by atoms with E-state index in [1.54, 1.807) is 23.1 Å². The first kappa shape index (κ1) is 21.8. The van der Waals surface area contributed by atoms with Crippen LogP contribution in [0.4, 0.5) is 14.5 Å². The van der Waals surface area contributed by atoms with Crippen molar-refractivity contribution in [3.8, 4) is 0 Å². The molecule has 3 rings (SSSR count). The van der Waals surface area contributed by atoms with E-state index in [1.807, 2.05) is 0 Å². The number of primary amides is 1. The zero-order valence-electron chi connectivity index (χ0n) is 15.8. The van der Waals surface area contributed by atoms with Gasteiger partial charge in [0, 0.05) is 26.2 Å². The second-order valence-electron chi connectivity index (χ2n) is 6.71. The van der Waals surface area contributed by atoms with Gasteiger partial charge in [0.1, 0.15) is 0 Å². The molecule has 30 heavy (non-hydrogen) atoms. The highest BCUT2D eigenvalue weighted by Gasteiger charge is 2.29. The number of nitrogens with two attached hydrogens (primary N) is 1. The summed E-state index contributed by atoms with van der Waals surface area (Å²) in [6.45, 7) is 0.715. The number of hydrogen-bond donors (Lipinski definition) is 2. The van der Waals surface area contributed by atoms with Crippen LogP contribution < -0.4 is 11.1 Å². The van der Waals surface area contributed by atoms with Gasteiger partial charge in [0.05, 0.1) is 22.7 Å². The van der Waals surface area contributed by atoms with Crippen LogP contribution in [0.15, 0.2) is 47.4 Å². The zero-order valence-corrected chi connectivity index (χ0v) is 16.7. The van der Waals surface area contributed by atoms with E-state index in [-0.39, 0.29) is 49.1 Å². The Morgan fingerprint density at radius 3 is 2.30 bits per heavy atom. The number of carbonyl (C=O) groups is 2. The molecule has 2 aromatic rings. The third-order valence-corrected chi connectivity index (χ3v) is 6.59. The lowest BCUT2D eigenvalue weighted by atomic mass is 10.1. The Kier molecular flexibility index (Phi) is 6.44. The number of para-hydroxylation sites is 1. The molecule has 0 saturated carbocycles. The molecule has 0 aliphatic carbocycles. The number of carbonyl (C=O) groups excluding carboxylic acids is 2. The Morgan fingerprint density at radius 2 is 1.67 bits per heavy atom. The molecular formula is C19H20F2N4O4S. The molecule has 1 heterocycles. The molecule has 1 saturated heterocycles. The second kappa shape index (κ2) is 8.86. The van der Waals surface area contributed by atoms with Gasteiger partial charge in [-0.3, -0.25) is 14.5 Å². The van der Waals surface area contributed by atoms with Crippen molar-refractivity contribution < 1.29 is 26.8 Å². The van der Waals surface area contributed by atoms with Gasteiger partial charge < -0.3 is 11.1 Å². The Labute approximate surface area is 172 Å². The Balaban J connectivity index is 1.58. The minimum Gasteiger partial charge on any atom is -0.366 e. The van der Waals surface area contributed by atoms with Crippen LogP contribution in [0.2, 0.25) is 0 Å². The van der Waals surface area contributed by atoms with Crippen LogP contribution in [-0.2, 0) is 14.8 Å². The summed E-state index contributed by atoms with van der Waals surface area (Å²) in [7, 11) is -3.97. The molecule has 8 nitrogen and oxygen atoms in total. The van der Waals surface area contributed by atoms with Gasteiger partial charge in [0.25, 0.3) is 5.91 Å². The molecule has 0 radical (unpaired) electrons. The van der Waals surface area contributed by atoms with E-state index < -0.39 is 27.6 Å². The maximum absolute atomic E-state index is 13.4. The molecule has 0 aromatic heterocycles. The largest absolute Gasteiger partial charge is 0.366 e. The summed E-state index contributed by atoms with van der Waals surface area (Å²) >= 11 is 0. The van der Waals surface area contributed by atoms with Crippen molar-refractivity contribution in [2.45, 2.75) is 4.90 Å². The van der Waals surface area contributed by atoms with Crippen LogP contribution in [0.25, 0.3) is 0 Å². The molecule has 2 aromatic carbocycles. The first-order valence-electron chi connectivity index (χ1n) is 9.04. The maximum atomic E-state index is 13.4. The van der Waals surface area contributed by atoms with Crippen LogP contribution >= 0.6 is 0 Å². The number of nitrogens with zero attached hydrogens (tertiary/aromatic N) is 2. The normalized spacial score (nSPS) is 15.7. The fourth-order valence-electron chi connectivity index (χ4n) is 3.11. The van der Waals surface area contributed by atoms with Crippen LogP contribution in [0, 0.1) is 11.6 Å². The van der Waals surface area contributed by atoms with E-state index in [1.165, 1.54) is 6.07 Å². The standard InChI is InChI=1S/C19H20F2N4O4S/c20-15-6-5-13(11-16(15)21)30(28,29)25-9-7-24(8-10-25)12-18(26)23-17-4-2-1-3-14(17)19(22)27/h1-6,11H,7-10,12H2,(H2,22,27)(H,23,26). The van der Waals surface area contributed by atoms with Crippen molar-refractivity contribution in [3.63, 3.8) is 0 Å². The number of nitrogens with one attached hydrogen (secondary N) is 1. The first-order chi connectivity index (χ1) is 14.2. The summed E-state index contributed by atoms with van der Waals surface area (Å²) in [5.74, 6) is -3.40. The predicted octanol–water partition coefficient (Wildman–Crippen LogP) is 1.01. The van der Waals surface area contributed by atoms with Crippen molar-refractivity contribution in [3.05, 3.63) is 59.7 Å². The van der Waals surface area contributed by atoms with E-state index in [4.69, 9.17) is 5.73 Å². The molecule has 1 aliphatic heterocycles. The van der Waals surface area contributed by atoms with Gasteiger partial charge in [0.15, 0.2) is 11.6 Å². The number of sulfonamides is 1. The van der Waals surface area contributed by atoms with Gasteiger partial charge in [-0.25, -0.2) is 17.2 Å². The lowest BCUT2D eigenvalue weighted by Crippen LogP contribution is -2.50. The number of benzene rings is 2. The van der Waals surface area contributed by atoms with E-state index in [9.17, 15) is 26.8 Å². The minimum absolute atomic E-state index is 0.00778. The van der Waals surface area contributed by atoms with Crippen molar-refractivity contribution >= 4 is 27.5 Å². The average Bonchev–Trinajstić information content (AvgIpc) is 2.70. The summed E-state index contributed by atoms with van der Waals surface area (Å²) in [5, 5.41) is 2.63. The third-order valence-electron chi connectivity index (χ3n) is 4.69. The highest BCUT2D eigenvalue weighted by molar-refractivity contribution is 7.89. The zero-order chi connectivity index (χ0) is 21.9. The highest BCUT2D eigenvalue weighted by atomic mass is 32.2. The van der Waals surface area contributed by atoms with E-state index >= 15 is 0 Å². The molecule has 3 N–H and O–H groups in total. The first-order valence-corrected chi connectivity index (χ1v) is 10.5. The lowest BCUT2D eigenvalue weighted by Gasteiger charge is -2.33. The molecule has 0 atom stereocenters. The monoisotopic (exact) mass is 438 g/mol. The number of piperazine rings is 1. The maximum Gasteiger partial charge on any atom is 0.250 e. The van der Waals surface area contributed by atoms with Crippen molar-refractivity contribution in [1.29, 1.82) is 0 Å². The molecule has 1 aliphatic rings. The molecule has 2 amide bonds. The van der Waals surface area contributed by atoms with E-state index in [0.29, 0.717) is 11.8 Å². The van der Waals surface area contributed by atoms with Crippen molar-refractivity contribution in [2.24, 2.45) is 5.73 Å². The van der Waals surface area contributed by atoms with Crippen LogP contribution in [0.1, 0.15) is 10.4 Å². The number of halogens is 2. The molecular weight excluding hydrogens is 418 g/mol. The lowest BCUT2D eigenvalue weighted by molar-refractivity contribution is -0.117. The fourth-order valence-corrected chi connectivity index (χ4v) is 4.55. The number of hydrogen-bond acceptors (Lipinski definition) is 5. The number of amides is 2. The highest BCUT2D eigenvalue weighted by Crippen LogP contribution is 2.20. The average molecular weight is 438 g/mol. The molecule has 160 valence electrons. The van der Waals surface area contributed by atoms with Gasteiger partial charge in [-0.15, -0.1) is 0 Å². The summed E-state index contributed by atoms with van der Waals surface area (Å²) < 4.78 is 52.9. The summed E-state index contributed by atoms with van der Waals surface area (Å²) in [5.41, 5.74) is 5.78.